The highest BCUT2D eigenvalue weighted by Crippen LogP contribution is 2.48. The van der Waals surface area contributed by atoms with Gasteiger partial charge in [-0.2, -0.15) is 0 Å². The minimum atomic E-state index is -0.692. The van der Waals surface area contributed by atoms with Crippen LogP contribution in [0.1, 0.15) is 52.1 Å². The van der Waals surface area contributed by atoms with E-state index in [2.05, 4.69) is 41.5 Å². The van der Waals surface area contributed by atoms with Gasteiger partial charge in [0.15, 0.2) is 5.78 Å². The molecule has 0 unspecified atom stereocenters. The van der Waals surface area contributed by atoms with E-state index in [1.165, 1.54) is 11.1 Å². The molecule has 4 rings (SSSR count). The van der Waals surface area contributed by atoms with Crippen LogP contribution in [0.2, 0.25) is 0 Å². The van der Waals surface area contributed by atoms with Crippen molar-refractivity contribution in [2.24, 2.45) is 11.3 Å². The molecule has 1 aliphatic heterocycles. The summed E-state index contributed by atoms with van der Waals surface area (Å²) in [6.07, 6.45) is 2.67. The maximum absolute atomic E-state index is 13.1. The van der Waals surface area contributed by atoms with Gasteiger partial charge in [-0.15, -0.1) is 0 Å². The van der Waals surface area contributed by atoms with Crippen LogP contribution in [0.4, 0.5) is 0 Å². The number of carboxylic acids is 1. The molecule has 2 atom stereocenters. The summed E-state index contributed by atoms with van der Waals surface area (Å²) in [6.45, 7) is 9.72. The number of hydrogen-bond acceptors (Lipinski definition) is 3. The van der Waals surface area contributed by atoms with Gasteiger partial charge in [-0.05, 0) is 75.8 Å². The van der Waals surface area contributed by atoms with Crippen LogP contribution in [-0.4, -0.2) is 46.0 Å². The number of hydrogen-bond donors (Lipinski definition) is 1. The lowest BCUT2D eigenvalue weighted by Gasteiger charge is -2.23. The molecule has 0 amide bonds. The van der Waals surface area contributed by atoms with Crippen molar-refractivity contribution in [2.75, 3.05) is 19.6 Å². The molecule has 1 aromatic carbocycles. The van der Waals surface area contributed by atoms with Gasteiger partial charge in [-0.1, -0.05) is 12.5 Å². The summed E-state index contributed by atoms with van der Waals surface area (Å²) in [5, 5.41) is 9.78. The molecule has 2 fully saturated rings. The molecule has 1 aliphatic carbocycles. The molecule has 2 heterocycles. The smallest absolute Gasteiger partial charge is 0.311 e. The summed E-state index contributed by atoms with van der Waals surface area (Å²) in [7, 11) is 0. The Morgan fingerprint density at radius 1 is 1.14 bits per heavy atom. The lowest BCUT2D eigenvalue weighted by Crippen LogP contribution is -2.36. The second kappa shape index (κ2) is 7.13. The van der Waals surface area contributed by atoms with Crippen molar-refractivity contribution in [2.45, 2.75) is 47.0 Å². The number of carbonyl (C=O) groups excluding carboxylic acids is 1. The fraction of sp³-hybridized carbons (Fsp3) is 0.500. The molecule has 1 saturated heterocycles. The van der Waals surface area contributed by atoms with Gasteiger partial charge in [-0.3, -0.25) is 14.5 Å². The minimum absolute atomic E-state index is 0.0775. The summed E-state index contributed by atoms with van der Waals surface area (Å²) in [6, 6.07) is 8.33. The summed E-state index contributed by atoms with van der Waals surface area (Å²) in [4.78, 5) is 27.1. The summed E-state index contributed by atoms with van der Waals surface area (Å²) < 4.78 is 2.14. The fourth-order valence-electron chi connectivity index (χ4n) is 5.46. The van der Waals surface area contributed by atoms with E-state index in [1.54, 1.807) is 0 Å². The molecule has 0 bridgehead atoms. The van der Waals surface area contributed by atoms with Crippen LogP contribution in [0.15, 0.2) is 24.3 Å². The SMILES string of the molecule is Cc1ccc(-n2c(C)cc(C(=O)CN3C[C@@H]4CCC[C@@]4(C(=O)O)C3)c2C)cc1C. The molecule has 2 aliphatic rings. The van der Waals surface area contributed by atoms with Crippen LogP contribution in [0.5, 0.6) is 0 Å². The molecule has 29 heavy (non-hydrogen) atoms. The number of ketones is 1. The quantitative estimate of drug-likeness (QED) is 0.776. The number of fused-ring (bicyclic) bond motifs is 1. The maximum atomic E-state index is 13.1. The van der Waals surface area contributed by atoms with Crippen molar-refractivity contribution in [1.82, 2.24) is 9.47 Å². The van der Waals surface area contributed by atoms with Gasteiger partial charge < -0.3 is 9.67 Å². The Morgan fingerprint density at radius 2 is 1.90 bits per heavy atom. The van der Waals surface area contributed by atoms with Gasteiger partial charge in [0.05, 0.1) is 12.0 Å². The third kappa shape index (κ3) is 3.21. The van der Waals surface area contributed by atoms with E-state index in [0.717, 1.165) is 41.9 Å². The molecule has 0 spiro atoms. The predicted octanol–water partition coefficient (Wildman–Crippen LogP) is 4.08. The molecule has 154 valence electrons. The standard InChI is InChI=1S/C24H30N2O3/c1-15-7-8-20(10-16(15)2)26-17(3)11-21(18(26)4)22(27)13-25-12-19-6-5-9-24(19,14-25)23(28)29/h7-8,10-11,19H,5-6,9,12-14H2,1-4H3,(H,28,29)/t19-,24+/m0/s1. The first-order valence-electron chi connectivity index (χ1n) is 10.5. The van der Waals surface area contributed by atoms with Gasteiger partial charge in [0.2, 0.25) is 0 Å². The molecule has 1 N–H and O–H groups in total. The molecule has 1 saturated carbocycles. The lowest BCUT2D eigenvalue weighted by atomic mass is 9.81. The van der Waals surface area contributed by atoms with Gasteiger partial charge >= 0.3 is 5.97 Å². The van der Waals surface area contributed by atoms with E-state index in [1.807, 2.05) is 19.9 Å². The van der Waals surface area contributed by atoms with E-state index in [-0.39, 0.29) is 11.7 Å². The number of rotatable bonds is 5. The van der Waals surface area contributed by atoms with Gasteiger partial charge in [-0.25, -0.2) is 0 Å². The maximum Gasteiger partial charge on any atom is 0.311 e. The molecule has 2 aromatic rings. The monoisotopic (exact) mass is 394 g/mol. The number of carbonyl (C=O) groups is 2. The third-order valence-electron chi connectivity index (χ3n) is 7.21. The number of likely N-dealkylation sites (tertiary alicyclic amines) is 1. The zero-order chi connectivity index (χ0) is 20.9. The number of aromatic nitrogens is 1. The Labute approximate surface area is 172 Å². The van der Waals surface area contributed by atoms with Gasteiger partial charge in [0, 0.05) is 35.7 Å². The van der Waals surface area contributed by atoms with Gasteiger partial charge in [0.1, 0.15) is 0 Å². The van der Waals surface area contributed by atoms with Crippen LogP contribution in [0, 0.1) is 39.0 Å². The number of Topliss-reactive ketones (excluding diaryl/α,β-unsaturated/α-hetero) is 1. The number of aryl methyl sites for hydroxylation is 3. The fourth-order valence-corrected chi connectivity index (χ4v) is 5.46. The van der Waals surface area contributed by atoms with Crippen molar-refractivity contribution in [3.8, 4) is 5.69 Å². The topological polar surface area (TPSA) is 62.5 Å². The van der Waals surface area contributed by atoms with E-state index in [4.69, 9.17) is 0 Å². The summed E-state index contributed by atoms with van der Waals surface area (Å²) >= 11 is 0. The van der Waals surface area contributed by atoms with E-state index >= 15 is 0 Å². The van der Waals surface area contributed by atoms with E-state index in [9.17, 15) is 14.7 Å². The van der Waals surface area contributed by atoms with Crippen LogP contribution in [0.25, 0.3) is 5.69 Å². The first-order valence-corrected chi connectivity index (χ1v) is 10.5. The number of carboxylic acid groups (broad SMARTS) is 1. The van der Waals surface area contributed by atoms with E-state index < -0.39 is 11.4 Å². The van der Waals surface area contributed by atoms with Crippen molar-refractivity contribution < 1.29 is 14.7 Å². The van der Waals surface area contributed by atoms with Crippen molar-refractivity contribution >= 4 is 11.8 Å². The Morgan fingerprint density at radius 3 is 2.55 bits per heavy atom. The third-order valence-corrected chi connectivity index (χ3v) is 7.21. The minimum Gasteiger partial charge on any atom is -0.481 e. The average Bonchev–Trinajstić information content (AvgIpc) is 3.28. The first-order chi connectivity index (χ1) is 13.7. The zero-order valence-electron chi connectivity index (χ0n) is 17.8. The average molecular weight is 395 g/mol. The molecule has 1 aromatic heterocycles. The second-order valence-electron chi connectivity index (χ2n) is 9.03. The highest BCUT2D eigenvalue weighted by Gasteiger charge is 2.54. The Hall–Kier alpha value is -2.40. The highest BCUT2D eigenvalue weighted by atomic mass is 16.4. The summed E-state index contributed by atoms with van der Waals surface area (Å²) in [5.74, 6) is -0.438. The molecular formula is C24H30N2O3. The van der Waals surface area contributed by atoms with E-state index in [0.29, 0.717) is 19.6 Å². The predicted molar refractivity (Wildman–Crippen MR) is 113 cm³/mol. The van der Waals surface area contributed by atoms with Crippen LogP contribution in [0.3, 0.4) is 0 Å². The Kier molecular flexibility index (Phi) is 4.89. The largest absolute Gasteiger partial charge is 0.481 e. The Balaban J connectivity index is 1.56. The zero-order valence-corrected chi connectivity index (χ0v) is 17.8. The van der Waals surface area contributed by atoms with Crippen LogP contribution < -0.4 is 0 Å². The first kappa shape index (κ1) is 19.9. The number of benzene rings is 1. The normalized spacial score (nSPS) is 24.1. The van der Waals surface area contributed by atoms with Crippen molar-refractivity contribution in [3.05, 3.63) is 52.3 Å². The number of aliphatic carboxylic acids is 1. The second-order valence-corrected chi connectivity index (χ2v) is 9.03. The molecule has 0 radical (unpaired) electrons. The van der Waals surface area contributed by atoms with Gasteiger partial charge in [0.25, 0.3) is 0 Å². The van der Waals surface area contributed by atoms with Crippen LogP contribution in [-0.2, 0) is 4.79 Å². The Bertz CT molecular complexity index is 990. The molecule has 5 nitrogen and oxygen atoms in total. The molecular weight excluding hydrogens is 364 g/mol. The van der Waals surface area contributed by atoms with Crippen molar-refractivity contribution in [3.63, 3.8) is 0 Å². The van der Waals surface area contributed by atoms with Crippen LogP contribution >= 0.6 is 0 Å². The lowest BCUT2D eigenvalue weighted by molar-refractivity contribution is -0.149. The highest BCUT2D eigenvalue weighted by molar-refractivity contribution is 5.99. The number of nitrogens with zero attached hydrogens (tertiary/aromatic N) is 2. The van der Waals surface area contributed by atoms with Crippen molar-refractivity contribution in [1.29, 1.82) is 0 Å². The molecule has 5 heteroatoms. The summed E-state index contributed by atoms with van der Waals surface area (Å²) in [5.41, 5.74) is 5.63.